The molecule has 0 nitrogen and oxygen atoms in total. The number of hydrogen-bond donors (Lipinski definition) is 0. The molecule has 0 rings (SSSR count). The van der Waals surface area contributed by atoms with Gasteiger partial charge in [0, 0.05) is 0 Å². The van der Waals surface area contributed by atoms with Crippen LogP contribution in [-0.4, -0.2) is 4.84 Å². The fourth-order valence-electron chi connectivity index (χ4n) is 0. The molecule has 0 saturated heterocycles. The highest BCUT2D eigenvalue weighted by atomic mass is 35.5. The molecule has 0 bridgehead atoms. The second-order valence-corrected chi connectivity index (χ2v) is 2.74. The van der Waals surface area contributed by atoms with E-state index in [0.29, 0.717) is 5.92 Å². The zero-order valence-electron chi connectivity index (χ0n) is 3.91. The van der Waals surface area contributed by atoms with E-state index in [-0.39, 0.29) is 4.84 Å². The van der Waals surface area contributed by atoms with Crippen molar-refractivity contribution in [3.8, 4) is 0 Å². The van der Waals surface area contributed by atoms with Gasteiger partial charge in [0.2, 0.25) is 0 Å². The van der Waals surface area contributed by atoms with Crippen molar-refractivity contribution < 1.29 is 0 Å². The number of halogens is 2. The highest BCUT2D eigenvalue weighted by Gasteiger charge is 2.01. The molecule has 0 aromatic rings. The van der Waals surface area contributed by atoms with Crippen LogP contribution in [-0.2, 0) is 0 Å². The van der Waals surface area contributed by atoms with E-state index < -0.39 is 0 Å². The standard InChI is InChI=1S/C4H8Cl2/c1-3(2)4(5)6/h3-4H,1-2H3. The van der Waals surface area contributed by atoms with Gasteiger partial charge in [0.25, 0.3) is 0 Å². The first kappa shape index (κ1) is 6.58. The second-order valence-electron chi connectivity index (χ2n) is 1.58. The molecule has 0 atom stereocenters. The van der Waals surface area contributed by atoms with E-state index in [2.05, 4.69) is 0 Å². The van der Waals surface area contributed by atoms with Crippen molar-refractivity contribution in [3.63, 3.8) is 0 Å². The van der Waals surface area contributed by atoms with Crippen LogP contribution in [0.1, 0.15) is 13.8 Å². The third kappa shape index (κ3) is 2.80. The van der Waals surface area contributed by atoms with Crippen molar-refractivity contribution >= 4 is 23.2 Å². The minimum Gasteiger partial charge on any atom is -0.105 e. The van der Waals surface area contributed by atoms with Gasteiger partial charge < -0.3 is 0 Å². The van der Waals surface area contributed by atoms with E-state index in [1.54, 1.807) is 0 Å². The molecule has 2 heteroatoms. The Morgan fingerprint density at radius 2 is 1.33 bits per heavy atom. The summed E-state index contributed by atoms with van der Waals surface area (Å²) in [5.74, 6) is 0.383. The Balaban J connectivity index is 2.99. The van der Waals surface area contributed by atoms with Gasteiger partial charge in [-0.3, -0.25) is 0 Å². The van der Waals surface area contributed by atoms with E-state index in [1.807, 2.05) is 13.8 Å². The van der Waals surface area contributed by atoms with Crippen LogP contribution in [0.4, 0.5) is 0 Å². The molecule has 0 unspecified atom stereocenters. The Morgan fingerprint density at radius 3 is 1.33 bits per heavy atom. The lowest BCUT2D eigenvalue weighted by molar-refractivity contribution is 0.708. The van der Waals surface area contributed by atoms with E-state index in [9.17, 15) is 0 Å². The Bertz CT molecular complexity index is 26.5. The Hall–Kier alpha value is 0.580. The first-order valence-electron chi connectivity index (χ1n) is 1.92. The maximum absolute atomic E-state index is 5.38. The lowest BCUT2D eigenvalue weighted by atomic mass is 10.3. The van der Waals surface area contributed by atoms with Gasteiger partial charge in [-0.1, -0.05) is 13.8 Å². The Morgan fingerprint density at radius 1 is 1.17 bits per heavy atom. The summed E-state index contributed by atoms with van der Waals surface area (Å²) in [7, 11) is 0. The molecule has 0 amide bonds. The summed E-state index contributed by atoms with van der Waals surface area (Å²) < 4.78 is 0. The van der Waals surface area contributed by atoms with Gasteiger partial charge >= 0.3 is 0 Å². The molecule has 0 heterocycles. The molecule has 0 aromatic carbocycles. The summed E-state index contributed by atoms with van der Waals surface area (Å²) in [6, 6.07) is 0. The van der Waals surface area contributed by atoms with Gasteiger partial charge in [-0.15, -0.1) is 23.2 Å². The SMILES string of the molecule is CC(C)C(Cl)Cl. The summed E-state index contributed by atoms with van der Waals surface area (Å²) in [6.45, 7) is 3.95. The molecule has 38 valence electrons. The molecular weight excluding hydrogens is 119 g/mol. The van der Waals surface area contributed by atoms with E-state index in [1.165, 1.54) is 0 Å². The number of alkyl halides is 2. The third-order valence-electron chi connectivity index (χ3n) is 0.504. The Kier molecular flexibility index (Phi) is 2.96. The van der Waals surface area contributed by atoms with Crippen LogP contribution in [0, 0.1) is 5.92 Å². The molecule has 0 fully saturated rings. The summed E-state index contributed by atoms with van der Waals surface area (Å²) in [5, 5.41) is 0. The molecule has 0 saturated carbocycles. The zero-order valence-corrected chi connectivity index (χ0v) is 5.42. The highest BCUT2D eigenvalue weighted by Crippen LogP contribution is 2.12. The lowest BCUT2D eigenvalue weighted by Crippen LogP contribution is -1.96. The first-order valence-corrected chi connectivity index (χ1v) is 2.80. The van der Waals surface area contributed by atoms with Crippen LogP contribution >= 0.6 is 23.2 Å². The fourth-order valence-corrected chi connectivity index (χ4v) is 0. The van der Waals surface area contributed by atoms with Crippen molar-refractivity contribution in [1.82, 2.24) is 0 Å². The van der Waals surface area contributed by atoms with Crippen molar-refractivity contribution in [2.24, 2.45) is 5.92 Å². The average molecular weight is 127 g/mol. The Labute approximate surface area is 48.4 Å². The number of rotatable bonds is 1. The molecule has 0 N–H and O–H groups in total. The summed E-state index contributed by atoms with van der Waals surface area (Å²) >= 11 is 10.8. The average Bonchev–Trinajstić information content (AvgIpc) is 1.36. The lowest BCUT2D eigenvalue weighted by Gasteiger charge is -2.00. The first-order chi connectivity index (χ1) is 2.64. The monoisotopic (exact) mass is 126 g/mol. The molecule has 0 aliphatic rings. The van der Waals surface area contributed by atoms with E-state index in [0.717, 1.165) is 0 Å². The van der Waals surface area contributed by atoms with Gasteiger partial charge in [0.05, 0.1) is 0 Å². The van der Waals surface area contributed by atoms with Crippen LogP contribution in [0.5, 0.6) is 0 Å². The minimum atomic E-state index is -0.204. The smallest absolute Gasteiger partial charge is 0.105 e. The highest BCUT2D eigenvalue weighted by molar-refractivity contribution is 6.44. The third-order valence-corrected chi connectivity index (χ3v) is 1.51. The molecule has 0 aliphatic carbocycles. The summed E-state index contributed by atoms with van der Waals surface area (Å²) in [5.41, 5.74) is 0. The predicted molar refractivity (Wildman–Crippen MR) is 30.3 cm³/mol. The molecule has 0 aliphatic heterocycles. The van der Waals surface area contributed by atoms with Gasteiger partial charge in [0.15, 0.2) is 0 Å². The van der Waals surface area contributed by atoms with Crippen molar-refractivity contribution in [3.05, 3.63) is 0 Å². The van der Waals surface area contributed by atoms with Gasteiger partial charge in [-0.05, 0) is 5.92 Å². The zero-order chi connectivity index (χ0) is 5.15. The predicted octanol–water partition coefficient (Wildman–Crippen LogP) is 2.45. The number of hydrogen-bond acceptors (Lipinski definition) is 0. The van der Waals surface area contributed by atoms with Gasteiger partial charge in [-0.25, -0.2) is 0 Å². The largest absolute Gasteiger partial charge is 0.110 e. The van der Waals surface area contributed by atoms with Crippen molar-refractivity contribution in [1.29, 1.82) is 0 Å². The topological polar surface area (TPSA) is 0 Å². The van der Waals surface area contributed by atoms with Crippen molar-refractivity contribution in [2.75, 3.05) is 0 Å². The molecular formula is C4H8Cl2. The van der Waals surface area contributed by atoms with Crippen LogP contribution in [0.25, 0.3) is 0 Å². The van der Waals surface area contributed by atoms with E-state index >= 15 is 0 Å². The van der Waals surface area contributed by atoms with E-state index in [4.69, 9.17) is 23.2 Å². The second kappa shape index (κ2) is 2.70. The normalized spacial score (nSPS) is 11.0. The van der Waals surface area contributed by atoms with Gasteiger partial charge in [0.1, 0.15) is 4.84 Å². The molecule has 0 radical (unpaired) electrons. The summed E-state index contributed by atoms with van der Waals surface area (Å²) in [6.07, 6.45) is 0. The maximum atomic E-state index is 5.38. The summed E-state index contributed by atoms with van der Waals surface area (Å²) in [4.78, 5) is -0.204. The molecule has 0 aromatic heterocycles. The van der Waals surface area contributed by atoms with Crippen molar-refractivity contribution in [2.45, 2.75) is 18.7 Å². The molecule has 6 heavy (non-hydrogen) atoms. The van der Waals surface area contributed by atoms with Gasteiger partial charge in [-0.2, -0.15) is 0 Å². The molecule has 0 spiro atoms. The quantitative estimate of drug-likeness (QED) is 0.474. The fraction of sp³-hybridized carbons (Fsp3) is 1.00. The van der Waals surface area contributed by atoms with Crippen LogP contribution in [0.15, 0.2) is 0 Å². The maximum Gasteiger partial charge on any atom is 0.110 e. The van der Waals surface area contributed by atoms with Crippen LogP contribution in [0.3, 0.4) is 0 Å². The van der Waals surface area contributed by atoms with Crippen LogP contribution < -0.4 is 0 Å². The minimum absolute atomic E-state index is 0.204. The van der Waals surface area contributed by atoms with Crippen LogP contribution in [0.2, 0.25) is 0 Å².